The summed E-state index contributed by atoms with van der Waals surface area (Å²) in [7, 11) is 0. The van der Waals surface area contributed by atoms with Gasteiger partial charge in [-0.3, -0.25) is 0 Å². The summed E-state index contributed by atoms with van der Waals surface area (Å²) in [5.41, 5.74) is 4.88. The third-order valence-corrected chi connectivity index (χ3v) is 10.9. The highest BCUT2D eigenvalue weighted by Gasteiger charge is 2.47. The minimum Gasteiger partial charge on any atom is -0.489 e. The lowest BCUT2D eigenvalue weighted by molar-refractivity contribution is 0.210. The van der Waals surface area contributed by atoms with Crippen molar-refractivity contribution < 1.29 is 14.2 Å². The molecule has 0 amide bonds. The third kappa shape index (κ3) is 12.7. The van der Waals surface area contributed by atoms with E-state index in [9.17, 15) is 0 Å². The van der Waals surface area contributed by atoms with Gasteiger partial charge in [-0.15, -0.1) is 0 Å². The molecule has 2 heterocycles. The summed E-state index contributed by atoms with van der Waals surface area (Å²) in [6.07, 6.45) is 19.0. The fourth-order valence-corrected chi connectivity index (χ4v) is 7.19. The first-order chi connectivity index (χ1) is 24.3. The lowest BCUT2D eigenvalue weighted by atomic mass is 9.82. The minimum absolute atomic E-state index is 0.0245. The second-order valence-electron chi connectivity index (χ2n) is 17.9. The van der Waals surface area contributed by atoms with E-state index < -0.39 is 5.41 Å². The number of hydrogen-bond acceptors (Lipinski definition) is 5. The Kier molecular flexibility index (Phi) is 15.5. The SMILES string of the molecule is CCCCCCCCc1cc(CCCCCCCC)cc(COc2ccc(CC(C)(C3=N[C@@H](C(C)(C)C)CO3)C3=N[C@@H](C(C)(C)C)CO3)cc2)c1. The van der Waals surface area contributed by atoms with Crippen LogP contribution in [0.1, 0.15) is 162 Å². The quantitative estimate of drug-likeness (QED) is 0.122. The smallest absolute Gasteiger partial charge is 0.199 e. The van der Waals surface area contributed by atoms with E-state index in [2.05, 4.69) is 105 Å². The Bertz CT molecular complexity index is 1320. The molecule has 2 aromatic rings. The monoisotopic (exact) mass is 701 g/mol. The van der Waals surface area contributed by atoms with E-state index in [1.165, 1.54) is 99.3 Å². The zero-order valence-electron chi connectivity index (χ0n) is 34.0. The zero-order valence-corrected chi connectivity index (χ0v) is 34.0. The van der Waals surface area contributed by atoms with Gasteiger partial charge in [0.2, 0.25) is 0 Å². The van der Waals surface area contributed by atoms with Crippen molar-refractivity contribution in [3.63, 3.8) is 0 Å². The van der Waals surface area contributed by atoms with Gasteiger partial charge in [0.05, 0.1) is 12.1 Å². The molecule has 0 saturated heterocycles. The topological polar surface area (TPSA) is 52.4 Å². The summed E-state index contributed by atoms with van der Waals surface area (Å²) in [6, 6.07) is 16.0. The second-order valence-corrected chi connectivity index (χ2v) is 17.9. The predicted octanol–water partition coefficient (Wildman–Crippen LogP) is 12.3. The Labute approximate surface area is 312 Å². The van der Waals surface area contributed by atoms with Crippen LogP contribution in [0.4, 0.5) is 0 Å². The number of ether oxygens (including phenoxy) is 3. The molecule has 0 radical (unpaired) electrons. The van der Waals surface area contributed by atoms with Crippen LogP contribution in [0.5, 0.6) is 5.75 Å². The van der Waals surface area contributed by atoms with Gasteiger partial charge < -0.3 is 14.2 Å². The van der Waals surface area contributed by atoms with Crippen LogP contribution in [0.3, 0.4) is 0 Å². The molecule has 4 rings (SSSR count). The van der Waals surface area contributed by atoms with E-state index in [0.29, 0.717) is 26.2 Å². The Morgan fingerprint density at radius 1 is 0.569 bits per heavy atom. The van der Waals surface area contributed by atoms with Gasteiger partial charge in [0.1, 0.15) is 31.0 Å². The van der Waals surface area contributed by atoms with E-state index >= 15 is 0 Å². The van der Waals surface area contributed by atoms with Gasteiger partial charge in [0, 0.05) is 0 Å². The Hall–Kier alpha value is -2.82. The second kappa shape index (κ2) is 19.3. The molecule has 0 saturated carbocycles. The van der Waals surface area contributed by atoms with E-state index in [1.807, 2.05) is 0 Å². The Morgan fingerprint density at radius 3 is 1.43 bits per heavy atom. The standard InChI is InChI=1S/C46H72N2O3/c1-10-12-14-16-18-20-22-36-28-37(23-21-19-17-15-13-11-2)30-38(29-36)32-49-39-26-24-35(25-27-39)31-46(9,42-47-40(33-50-42)44(3,4)5)43-48-41(34-51-43)45(6,7)8/h24-30,40-41H,10-23,31-34H2,1-9H3/t40-,41-/m1/s1. The number of hydrogen-bond donors (Lipinski definition) is 0. The molecule has 0 aromatic heterocycles. The highest BCUT2D eigenvalue weighted by Crippen LogP contribution is 2.38. The van der Waals surface area contributed by atoms with E-state index in [0.717, 1.165) is 30.4 Å². The molecular formula is C46H72N2O3. The lowest BCUT2D eigenvalue weighted by Crippen LogP contribution is -2.39. The highest BCUT2D eigenvalue weighted by molar-refractivity contribution is 6.06. The first-order valence-corrected chi connectivity index (χ1v) is 20.6. The predicted molar refractivity (Wildman–Crippen MR) is 216 cm³/mol. The van der Waals surface area contributed by atoms with Crippen molar-refractivity contribution in [1.82, 2.24) is 0 Å². The summed E-state index contributed by atoms with van der Waals surface area (Å²) in [5, 5.41) is 0. The Balaban J connectivity index is 1.44. The van der Waals surface area contributed by atoms with Crippen molar-refractivity contribution in [1.29, 1.82) is 0 Å². The molecule has 0 unspecified atom stereocenters. The van der Waals surface area contributed by atoms with Crippen molar-refractivity contribution in [2.75, 3.05) is 13.2 Å². The van der Waals surface area contributed by atoms with Crippen LogP contribution in [0.15, 0.2) is 52.4 Å². The van der Waals surface area contributed by atoms with Crippen molar-refractivity contribution in [3.05, 3.63) is 64.7 Å². The maximum absolute atomic E-state index is 6.43. The number of nitrogens with zero attached hydrogens (tertiary/aromatic N) is 2. The largest absolute Gasteiger partial charge is 0.489 e. The molecule has 0 bridgehead atoms. The number of unbranched alkanes of at least 4 members (excludes halogenated alkanes) is 10. The lowest BCUT2D eigenvalue weighted by Gasteiger charge is -2.28. The molecule has 5 heteroatoms. The van der Waals surface area contributed by atoms with Crippen LogP contribution in [0, 0.1) is 16.2 Å². The van der Waals surface area contributed by atoms with Crippen LogP contribution in [0.25, 0.3) is 0 Å². The van der Waals surface area contributed by atoms with Gasteiger partial charge in [0.25, 0.3) is 0 Å². The normalized spacial score (nSPS) is 18.0. The molecule has 5 nitrogen and oxygen atoms in total. The maximum Gasteiger partial charge on any atom is 0.199 e. The number of benzene rings is 2. The van der Waals surface area contributed by atoms with Crippen LogP contribution in [-0.4, -0.2) is 37.1 Å². The molecule has 2 aromatic carbocycles. The summed E-state index contributed by atoms with van der Waals surface area (Å²) >= 11 is 0. The average molecular weight is 701 g/mol. The molecule has 2 aliphatic heterocycles. The average Bonchev–Trinajstić information content (AvgIpc) is 3.80. The van der Waals surface area contributed by atoms with Crippen LogP contribution < -0.4 is 4.74 Å². The molecule has 0 N–H and O–H groups in total. The van der Waals surface area contributed by atoms with Gasteiger partial charge in [-0.25, -0.2) is 9.98 Å². The number of aliphatic imine (C=N–C) groups is 2. The number of aryl methyl sites for hydroxylation is 2. The van der Waals surface area contributed by atoms with Gasteiger partial charge in [-0.05, 0) is 84.2 Å². The third-order valence-electron chi connectivity index (χ3n) is 10.9. The van der Waals surface area contributed by atoms with Crippen LogP contribution >= 0.6 is 0 Å². The van der Waals surface area contributed by atoms with Gasteiger partial charge in [-0.1, -0.05) is 150 Å². The van der Waals surface area contributed by atoms with Crippen LogP contribution in [0.2, 0.25) is 0 Å². The molecule has 284 valence electrons. The van der Waals surface area contributed by atoms with Gasteiger partial charge >= 0.3 is 0 Å². The van der Waals surface area contributed by atoms with E-state index in [4.69, 9.17) is 24.2 Å². The van der Waals surface area contributed by atoms with E-state index in [-0.39, 0.29) is 22.9 Å². The molecule has 0 fully saturated rings. The Morgan fingerprint density at radius 2 is 1.00 bits per heavy atom. The summed E-state index contributed by atoms with van der Waals surface area (Å²) in [5.74, 6) is 2.38. The highest BCUT2D eigenvalue weighted by atomic mass is 16.5. The van der Waals surface area contributed by atoms with Crippen molar-refractivity contribution in [3.8, 4) is 5.75 Å². The summed E-state index contributed by atoms with van der Waals surface area (Å²) < 4.78 is 19.1. The molecule has 51 heavy (non-hydrogen) atoms. The van der Waals surface area contributed by atoms with Crippen molar-refractivity contribution in [2.45, 2.75) is 177 Å². The fourth-order valence-electron chi connectivity index (χ4n) is 7.19. The van der Waals surface area contributed by atoms with Crippen molar-refractivity contribution in [2.24, 2.45) is 26.2 Å². The molecule has 0 aliphatic carbocycles. The first-order valence-electron chi connectivity index (χ1n) is 20.6. The summed E-state index contributed by atoms with van der Waals surface area (Å²) in [4.78, 5) is 10.3. The van der Waals surface area contributed by atoms with Gasteiger partial charge in [-0.2, -0.15) is 0 Å². The fraction of sp³-hybridized carbons (Fsp3) is 0.696. The molecule has 2 atom stereocenters. The van der Waals surface area contributed by atoms with Crippen molar-refractivity contribution >= 4 is 11.8 Å². The molecular weight excluding hydrogens is 629 g/mol. The van der Waals surface area contributed by atoms with E-state index in [1.54, 1.807) is 0 Å². The minimum atomic E-state index is -0.578. The molecule has 0 spiro atoms. The first kappa shape index (κ1) is 40.9. The van der Waals surface area contributed by atoms with Crippen LogP contribution in [-0.2, 0) is 35.3 Å². The maximum atomic E-state index is 6.43. The summed E-state index contributed by atoms with van der Waals surface area (Å²) in [6.45, 7) is 21.9. The number of rotatable bonds is 21. The van der Waals surface area contributed by atoms with Gasteiger partial charge in [0.15, 0.2) is 11.8 Å². The molecule has 2 aliphatic rings. The zero-order chi connectivity index (χ0) is 36.9.